The third-order valence-corrected chi connectivity index (χ3v) is 4.56. The van der Waals surface area contributed by atoms with Crippen LogP contribution >= 0.6 is 23.2 Å². The van der Waals surface area contributed by atoms with E-state index >= 15 is 0 Å². The largest absolute Gasteiger partial charge is 0.396 e. The molecule has 0 aromatic heterocycles. The molecule has 2 nitrogen and oxygen atoms in total. The molecule has 0 amide bonds. The second-order valence-electron chi connectivity index (χ2n) is 5.02. The molecule has 0 bridgehead atoms. The fourth-order valence-corrected chi connectivity index (χ4v) is 3.11. The van der Waals surface area contributed by atoms with Crippen LogP contribution in [0.25, 0.3) is 0 Å². The minimum atomic E-state index is 0.0925. The quantitative estimate of drug-likeness (QED) is 0.890. The molecule has 0 radical (unpaired) electrons. The Morgan fingerprint density at radius 1 is 1.28 bits per heavy atom. The maximum atomic E-state index is 9.09. The molecular weight excluding hydrogens is 269 g/mol. The van der Waals surface area contributed by atoms with E-state index in [1.165, 1.54) is 5.56 Å². The van der Waals surface area contributed by atoms with Crippen molar-refractivity contribution in [3.8, 4) is 0 Å². The number of piperidine rings is 1. The second kappa shape index (κ2) is 6.25. The van der Waals surface area contributed by atoms with Gasteiger partial charge in [0.15, 0.2) is 0 Å². The van der Waals surface area contributed by atoms with Crippen molar-refractivity contribution in [1.29, 1.82) is 0 Å². The number of halogens is 2. The summed E-state index contributed by atoms with van der Waals surface area (Å²) in [7, 11) is 0. The van der Waals surface area contributed by atoms with Gasteiger partial charge >= 0.3 is 0 Å². The van der Waals surface area contributed by atoms with Crippen LogP contribution in [0.4, 0.5) is 0 Å². The predicted octanol–water partition coefficient (Wildman–Crippen LogP) is 3.39. The molecule has 1 aromatic carbocycles. The van der Waals surface area contributed by atoms with Crippen molar-refractivity contribution in [3.05, 3.63) is 33.8 Å². The third kappa shape index (κ3) is 3.00. The van der Waals surface area contributed by atoms with Gasteiger partial charge in [-0.1, -0.05) is 29.3 Å². The average molecular weight is 288 g/mol. The maximum absolute atomic E-state index is 9.09. The number of benzene rings is 1. The van der Waals surface area contributed by atoms with E-state index in [2.05, 4.69) is 11.4 Å². The molecule has 1 unspecified atom stereocenters. The lowest BCUT2D eigenvalue weighted by molar-refractivity contribution is 0.234. The molecule has 1 heterocycles. The molecule has 0 saturated carbocycles. The Kier molecular flexibility index (Phi) is 4.91. The molecule has 1 aliphatic rings. The number of aliphatic hydroxyl groups excluding tert-OH is 1. The van der Waals surface area contributed by atoms with Crippen LogP contribution in [0.15, 0.2) is 18.2 Å². The molecule has 1 atom stereocenters. The zero-order valence-electron chi connectivity index (χ0n) is 10.4. The van der Waals surface area contributed by atoms with Gasteiger partial charge in [0.1, 0.15) is 0 Å². The first-order valence-electron chi connectivity index (χ1n) is 6.45. The number of rotatable bonds is 4. The Morgan fingerprint density at radius 2 is 2.11 bits per heavy atom. The second-order valence-corrected chi connectivity index (χ2v) is 5.83. The summed E-state index contributed by atoms with van der Waals surface area (Å²) in [5.74, 6) is 0. The van der Waals surface area contributed by atoms with Gasteiger partial charge in [-0.15, -0.1) is 0 Å². The SMILES string of the molecule is OCCCC1(c2ccc(Cl)c(Cl)c2)CCCNC1. The van der Waals surface area contributed by atoms with Gasteiger partial charge in [-0.3, -0.25) is 0 Å². The van der Waals surface area contributed by atoms with Gasteiger partial charge in [0, 0.05) is 18.6 Å². The van der Waals surface area contributed by atoms with Crippen LogP contribution in [0.1, 0.15) is 31.2 Å². The summed E-state index contributed by atoms with van der Waals surface area (Å²) in [6.07, 6.45) is 4.10. The van der Waals surface area contributed by atoms with Crippen molar-refractivity contribution in [2.75, 3.05) is 19.7 Å². The van der Waals surface area contributed by atoms with E-state index in [0.717, 1.165) is 38.8 Å². The van der Waals surface area contributed by atoms with Gasteiger partial charge in [0.2, 0.25) is 0 Å². The molecule has 100 valence electrons. The van der Waals surface area contributed by atoms with Crippen molar-refractivity contribution >= 4 is 23.2 Å². The van der Waals surface area contributed by atoms with E-state index in [0.29, 0.717) is 10.0 Å². The lowest BCUT2D eigenvalue weighted by Gasteiger charge is -2.38. The van der Waals surface area contributed by atoms with Crippen molar-refractivity contribution in [1.82, 2.24) is 5.32 Å². The normalized spacial score (nSPS) is 24.2. The molecule has 2 N–H and O–H groups in total. The topological polar surface area (TPSA) is 32.3 Å². The van der Waals surface area contributed by atoms with E-state index in [9.17, 15) is 0 Å². The van der Waals surface area contributed by atoms with Gasteiger partial charge in [-0.25, -0.2) is 0 Å². The molecule has 18 heavy (non-hydrogen) atoms. The summed E-state index contributed by atoms with van der Waals surface area (Å²) in [6.45, 7) is 2.26. The van der Waals surface area contributed by atoms with Gasteiger partial charge in [0.05, 0.1) is 10.0 Å². The molecule has 0 aliphatic carbocycles. The van der Waals surface area contributed by atoms with Gasteiger partial charge in [-0.05, 0) is 49.9 Å². The van der Waals surface area contributed by atoms with Gasteiger partial charge in [-0.2, -0.15) is 0 Å². The standard InChI is InChI=1S/C14H19Cl2NO/c15-12-4-3-11(9-13(12)16)14(6-2-8-18)5-1-7-17-10-14/h3-4,9,17-18H,1-2,5-8,10H2. The summed E-state index contributed by atoms with van der Waals surface area (Å²) >= 11 is 12.1. The summed E-state index contributed by atoms with van der Waals surface area (Å²) in [5, 5.41) is 13.8. The first-order chi connectivity index (χ1) is 8.68. The average Bonchev–Trinajstić information content (AvgIpc) is 2.40. The van der Waals surface area contributed by atoms with Crippen molar-refractivity contribution < 1.29 is 5.11 Å². The van der Waals surface area contributed by atoms with Gasteiger partial charge in [0.25, 0.3) is 0 Å². The molecule has 1 aliphatic heterocycles. The van der Waals surface area contributed by atoms with Crippen LogP contribution in [0.2, 0.25) is 10.0 Å². The van der Waals surface area contributed by atoms with Crippen molar-refractivity contribution in [3.63, 3.8) is 0 Å². The number of aliphatic hydroxyl groups is 1. The fraction of sp³-hybridized carbons (Fsp3) is 0.571. The first kappa shape index (κ1) is 14.1. The van der Waals surface area contributed by atoms with E-state index in [1.54, 1.807) is 0 Å². The Labute approximate surface area is 118 Å². The minimum absolute atomic E-state index is 0.0925. The van der Waals surface area contributed by atoms with Crippen molar-refractivity contribution in [2.24, 2.45) is 0 Å². The van der Waals surface area contributed by atoms with Crippen molar-refractivity contribution in [2.45, 2.75) is 31.1 Å². The summed E-state index contributed by atoms with van der Waals surface area (Å²) < 4.78 is 0. The van der Waals surface area contributed by atoms with E-state index in [1.807, 2.05) is 12.1 Å². The summed E-state index contributed by atoms with van der Waals surface area (Å²) in [4.78, 5) is 0. The van der Waals surface area contributed by atoms with Crippen LogP contribution in [0, 0.1) is 0 Å². The fourth-order valence-electron chi connectivity index (χ4n) is 2.82. The molecule has 1 saturated heterocycles. The highest BCUT2D eigenvalue weighted by Crippen LogP contribution is 2.38. The summed E-state index contributed by atoms with van der Waals surface area (Å²) in [6, 6.07) is 5.92. The zero-order chi connectivity index (χ0) is 13.0. The lowest BCUT2D eigenvalue weighted by Crippen LogP contribution is -2.43. The minimum Gasteiger partial charge on any atom is -0.396 e. The van der Waals surface area contributed by atoms with E-state index < -0.39 is 0 Å². The molecule has 1 aromatic rings. The monoisotopic (exact) mass is 287 g/mol. The Morgan fingerprint density at radius 3 is 2.72 bits per heavy atom. The smallest absolute Gasteiger partial charge is 0.0595 e. The first-order valence-corrected chi connectivity index (χ1v) is 7.21. The predicted molar refractivity (Wildman–Crippen MR) is 76.6 cm³/mol. The van der Waals surface area contributed by atoms with Crippen LogP contribution in [0.5, 0.6) is 0 Å². The van der Waals surface area contributed by atoms with Crippen LogP contribution in [0.3, 0.4) is 0 Å². The highest BCUT2D eigenvalue weighted by molar-refractivity contribution is 6.42. The van der Waals surface area contributed by atoms with E-state index in [-0.39, 0.29) is 12.0 Å². The molecule has 2 rings (SSSR count). The third-order valence-electron chi connectivity index (χ3n) is 3.82. The van der Waals surface area contributed by atoms with E-state index in [4.69, 9.17) is 28.3 Å². The summed E-state index contributed by atoms with van der Waals surface area (Å²) in [5.41, 5.74) is 1.33. The highest BCUT2D eigenvalue weighted by atomic mass is 35.5. The molecular formula is C14H19Cl2NO. The molecule has 0 spiro atoms. The lowest BCUT2D eigenvalue weighted by atomic mass is 9.71. The number of nitrogens with one attached hydrogen (secondary N) is 1. The molecule has 4 heteroatoms. The zero-order valence-corrected chi connectivity index (χ0v) is 11.9. The Hall–Kier alpha value is -0.280. The maximum Gasteiger partial charge on any atom is 0.0595 e. The van der Waals surface area contributed by atoms with Crippen LogP contribution < -0.4 is 5.32 Å². The van der Waals surface area contributed by atoms with Crippen LogP contribution in [-0.4, -0.2) is 24.8 Å². The highest BCUT2D eigenvalue weighted by Gasteiger charge is 2.33. The van der Waals surface area contributed by atoms with Crippen LogP contribution in [-0.2, 0) is 5.41 Å². The molecule has 1 fully saturated rings. The number of hydrogen-bond acceptors (Lipinski definition) is 2. The Balaban J connectivity index is 2.29. The Bertz CT molecular complexity index is 403. The van der Waals surface area contributed by atoms with Gasteiger partial charge < -0.3 is 10.4 Å². The number of hydrogen-bond donors (Lipinski definition) is 2.